The summed E-state index contributed by atoms with van der Waals surface area (Å²) in [7, 11) is 0. The van der Waals surface area contributed by atoms with Crippen molar-refractivity contribution in [1.82, 2.24) is 9.78 Å². The Morgan fingerprint density at radius 1 is 1.17 bits per heavy atom. The summed E-state index contributed by atoms with van der Waals surface area (Å²) in [4.78, 5) is 25.0. The van der Waals surface area contributed by atoms with Crippen LogP contribution in [0, 0.1) is 0 Å². The van der Waals surface area contributed by atoms with Crippen molar-refractivity contribution in [2.45, 2.75) is 13.5 Å². The van der Waals surface area contributed by atoms with Crippen LogP contribution in [0.2, 0.25) is 10.0 Å². The first-order valence-corrected chi connectivity index (χ1v) is 8.03. The van der Waals surface area contributed by atoms with Crippen LogP contribution in [-0.2, 0) is 6.54 Å². The van der Waals surface area contributed by atoms with Crippen LogP contribution in [0.4, 0.5) is 5.69 Å². The van der Waals surface area contributed by atoms with Crippen LogP contribution in [0.25, 0.3) is 10.8 Å². The number of anilines is 1. The van der Waals surface area contributed by atoms with Gasteiger partial charge in [0.1, 0.15) is 0 Å². The molecule has 0 aliphatic heterocycles. The average Bonchev–Trinajstić information content (AvgIpc) is 2.58. The van der Waals surface area contributed by atoms with Crippen molar-refractivity contribution in [3.8, 4) is 0 Å². The molecule has 0 aliphatic carbocycles. The lowest BCUT2D eigenvalue weighted by Gasteiger charge is -2.11. The number of aromatic nitrogens is 2. The van der Waals surface area contributed by atoms with Crippen molar-refractivity contribution in [1.29, 1.82) is 0 Å². The highest BCUT2D eigenvalue weighted by atomic mass is 35.5. The molecular weight excluding hydrogens is 349 g/mol. The quantitative estimate of drug-likeness (QED) is 0.767. The molecule has 3 aromatic rings. The molecule has 0 saturated heterocycles. The Morgan fingerprint density at radius 3 is 2.58 bits per heavy atom. The molecule has 122 valence electrons. The maximum atomic E-state index is 12.7. The van der Waals surface area contributed by atoms with Crippen molar-refractivity contribution in [3.63, 3.8) is 0 Å². The molecule has 1 heterocycles. The second-order valence-electron chi connectivity index (χ2n) is 5.09. The summed E-state index contributed by atoms with van der Waals surface area (Å²) >= 11 is 12.0. The molecule has 5 nitrogen and oxygen atoms in total. The monoisotopic (exact) mass is 361 g/mol. The number of fused-ring (bicyclic) bond motifs is 1. The minimum absolute atomic E-state index is 0.156. The number of nitrogens with zero attached hydrogens (tertiary/aromatic N) is 2. The summed E-state index contributed by atoms with van der Waals surface area (Å²) in [5.74, 6) is -0.461. The van der Waals surface area contributed by atoms with E-state index in [9.17, 15) is 9.59 Å². The van der Waals surface area contributed by atoms with Crippen molar-refractivity contribution in [2.75, 3.05) is 5.32 Å². The fourth-order valence-corrected chi connectivity index (χ4v) is 2.73. The molecule has 0 radical (unpaired) electrons. The van der Waals surface area contributed by atoms with Gasteiger partial charge in [-0.15, -0.1) is 0 Å². The summed E-state index contributed by atoms with van der Waals surface area (Å²) in [5, 5.41) is 8.62. The lowest BCUT2D eigenvalue weighted by molar-refractivity contribution is 0.102. The van der Waals surface area contributed by atoms with Gasteiger partial charge in [0.25, 0.3) is 11.5 Å². The molecule has 1 aromatic heterocycles. The molecule has 0 atom stereocenters. The first-order valence-electron chi connectivity index (χ1n) is 7.27. The largest absolute Gasteiger partial charge is 0.319 e. The molecule has 0 bridgehead atoms. The molecule has 24 heavy (non-hydrogen) atoms. The maximum absolute atomic E-state index is 12.7. The van der Waals surface area contributed by atoms with Crippen LogP contribution < -0.4 is 10.9 Å². The van der Waals surface area contributed by atoms with Crippen LogP contribution in [0.5, 0.6) is 0 Å². The number of hydrogen-bond donors (Lipinski definition) is 1. The minimum Gasteiger partial charge on any atom is -0.319 e. The Morgan fingerprint density at radius 2 is 1.88 bits per heavy atom. The summed E-state index contributed by atoms with van der Waals surface area (Å²) in [5.41, 5.74) is 0.308. The summed E-state index contributed by atoms with van der Waals surface area (Å²) in [6, 6.07) is 11.7. The molecule has 0 aliphatic rings. The molecule has 0 unspecified atom stereocenters. The van der Waals surface area contributed by atoms with Crippen LogP contribution in [0.1, 0.15) is 17.4 Å². The number of aryl methyl sites for hydroxylation is 1. The van der Waals surface area contributed by atoms with Gasteiger partial charge in [0.2, 0.25) is 0 Å². The van der Waals surface area contributed by atoms with Gasteiger partial charge in [-0.1, -0.05) is 41.4 Å². The van der Waals surface area contributed by atoms with E-state index in [1.807, 2.05) is 0 Å². The van der Waals surface area contributed by atoms with Gasteiger partial charge < -0.3 is 5.32 Å². The van der Waals surface area contributed by atoms with Crippen LogP contribution >= 0.6 is 23.2 Å². The Labute approximate surface area is 147 Å². The molecule has 2 aromatic carbocycles. The molecule has 0 spiro atoms. The number of halogens is 2. The van der Waals surface area contributed by atoms with E-state index >= 15 is 0 Å². The van der Waals surface area contributed by atoms with E-state index in [1.165, 1.54) is 4.68 Å². The Hall–Kier alpha value is -2.37. The number of carbonyl (C=O) groups excluding carboxylic acids is 1. The molecular formula is C17H13Cl2N3O2. The van der Waals surface area contributed by atoms with Gasteiger partial charge in [-0.25, -0.2) is 4.68 Å². The van der Waals surface area contributed by atoms with Gasteiger partial charge in [0.05, 0.1) is 16.1 Å². The number of nitrogens with one attached hydrogen (secondary N) is 1. The van der Waals surface area contributed by atoms with E-state index in [0.717, 1.165) is 0 Å². The zero-order chi connectivity index (χ0) is 17.3. The number of rotatable bonds is 3. The second-order valence-corrected chi connectivity index (χ2v) is 5.94. The molecule has 3 rings (SSSR count). The van der Waals surface area contributed by atoms with Crippen LogP contribution in [0.15, 0.2) is 47.3 Å². The third-order valence-electron chi connectivity index (χ3n) is 3.56. The van der Waals surface area contributed by atoms with Crippen molar-refractivity contribution >= 4 is 45.6 Å². The molecule has 0 fully saturated rings. The van der Waals surface area contributed by atoms with E-state index in [2.05, 4.69) is 10.4 Å². The van der Waals surface area contributed by atoms with Gasteiger partial charge in [0, 0.05) is 17.0 Å². The fraction of sp³-hybridized carbons (Fsp3) is 0.118. The number of benzene rings is 2. The predicted molar refractivity (Wildman–Crippen MR) is 96.1 cm³/mol. The second kappa shape index (κ2) is 6.63. The van der Waals surface area contributed by atoms with Crippen molar-refractivity contribution in [2.24, 2.45) is 0 Å². The topological polar surface area (TPSA) is 64.0 Å². The first kappa shape index (κ1) is 16.5. The lowest BCUT2D eigenvalue weighted by atomic mass is 10.1. The lowest BCUT2D eigenvalue weighted by Crippen LogP contribution is -2.27. The Balaban J connectivity index is 2.11. The third-order valence-corrected chi connectivity index (χ3v) is 4.12. The highest BCUT2D eigenvalue weighted by molar-refractivity contribution is 6.36. The number of amides is 1. The average molecular weight is 362 g/mol. The van der Waals surface area contributed by atoms with Crippen molar-refractivity contribution < 1.29 is 4.79 Å². The standard InChI is InChI=1S/C17H13Cl2N3O2/c1-2-22-17(24)12-6-4-3-5-11(12)15(21-22)16(23)20-14-9-10(18)7-8-13(14)19/h3-9H,2H2,1H3,(H,20,23). The normalized spacial score (nSPS) is 10.8. The van der Waals surface area contributed by atoms with Gasteiger partial charge >= 0.3 is 0 Å². The highest BCUT2D eigenvalue weighted by Crippen LogP contribution is 2.26. The van der Waals surface area contributed by atoms with E-state index < -0.39 is 5.91 Å². The maximum Gasteiger partial charge on any atom is 0.276 e. The van der Waals surface area contributed by atoms with E-state index in [1.54, 1.807) is 49.4 Å². The highest BCUT2D eigenvalue weighted by Gasteiger charge is 2.17. The van der Waals surface area contributed by atoms with Gasteiger partial charge in [-0.05, 0) is 31.2 Å². The van der Waals surface area contributed by atoms with E-state index in [4.69, 9.17) is 23.2 Å². The molecule has 0 saturated carbocycles. The molecule has 7 heteroatoms. The Bertz CT molecular complexity index is 999. The first-order chi connectivity index (χ1) is 11.5. The third kappa shape index (κ3) is 3.00. The summed E-state index contributed by atoms with van der Waals surface area (Å²) in [6.45, 7) is 2.15. The molecule has 1 amide bonds. The van der Waals surface area contributed by atoms with Crippen molar-refractivity contribution in [3.05, 3.63) is 68.6 Å². The fourth-order valence-electron chi connectivity index (χ4n) is 2.39. The van der Waals surface area contributed by atoms with E-state index in [0.29, 0.717) is 33.0 Å². The minimum atomic E-state index is -0.461. The van der Waals surface area contributed by atoms with E-state index in [-0.39, 0.29) is 11.3 Å². The number of hydrogen-bond acceptors (Lipinski definition) is 3. The predicted octanol–water partition coefficient (Wildman–Crippen LogP) is 3.98. The zero-order valence-electron chi connectivity index (χ0n) is 12.7. The van der Waals surface area contributed by atoms with Crippen LogP contribution in [0.3, 0.4) is 0 Å². The smallest absolute Gasteiger partial charge is 0.276 e. The van der Waals surface area contributed by atoms with Crippen LogP contribution in [-0.4, -0.2) is 15.7 Å². The SMILES string of the molecule is CCn1nc(C(=O)Nc2cc(Cl)ccc2Cl)c2ccccc2c1=O. The Kier molecular flexibility index (Phi) is 4.55. The van der Waals surface area contributed by atoms with Gasteiger partial charge in [-0.2, -0.15) is 5.10 Å². The summed E-state index contributed by atoms with van der Waals surface area (Å²) in [6.07, 6.45) is 0. The van der Waals surface area contributed by atoms with Gasteiger partial charge in [-0.3, -0.25) is 9.59 Å². The molecule has 1 N–H and O–H groups in total. The summed E-state index contributed by atoms with van der Waals surface area (Å²) < 4.78 is 1.26. The number of carbonyl (C=O) groups is 1. The zero-order valence-corrected chi connectivity index (χ0v) is 14.2. The van der Waals surface area contributed by atoms with Gasteiger partial charge in [0.15, 0.2) is 5.69 Å².